The van der Waals surface area contributed by atoms with Crippen molar-refractivity contribution in [1.29, 1.82) is 0 Å². The average Bonchev–Trinajstić information content (AvgIpc) is 2.87. The molecule has 3 nitrogen and oxygen atoms in total. The Labute approximate surface area is 294 Å². The van der Waals surface area contributed by atoms with Gasteiger partial charge in [-0.15, -0.1) is 0 Å². The maximum absolute atomic E-state index is 6.88. The topological polar surface area (TPSA) is 44.5 Å². The van der Waals surface area contributed by atoms with E-state index in [2.05, 4.69) is 173 Å². The van der Waals surface area contributed by atoms with Crippen LogP contribution < -0.4 is 14.6 Å². The van der Waals surface area contributed by atoms with Crippen molar-refractivity contribution in [3.05, 3.63) is 81.9 Å². The molecule has 0 aromatic heterocycles. The molecule has 0 saturated carbocycles. The minimum Gasteiger partial charge on any atom is -0.427 e. The number of fused-ring (bicyclic) bond motifs is 2. The third-order valence-electron chi connectivity index (χ3n) is 9.45. The highest BCUT2D eigenvalue weighted by Crippen LogP contribution is 2.47. The number of hydrogen-bond donors (Lipinski definition) is 1. The normalized spacial score (nSPS) is 13.9. The molecule has 4 heteroatoms. The van der Waals surface area contributed by atoms with Gasteiger partial charge in [0.2, 0.25) is 0 Å². The molecule has 262 valence electrons. The van der Waals surface area contributed by atoms with Crippen molar-refractivity contribution in [2.24, 2.45) is 5.50 Å². The highest BCUT2D eigenvalue weighted by atomic mass is 31.2. The molecular formula is C44H64NO2P. The van der Waals surface area contributed by atoms with E-state index in [1.54, 1.807) is 0 Å². The molecule has 4 aromatic carbocycles. The van der Waals surface area contributed by atoms with Crippen LogP contribution in [-0.2, 0) is 32.5 Å². The van der Waals surface area contributed by atoms with Crippen LogP contribution in [0.1, 0.15) is 158 Å². The molecule has 0 fully saturated rings. The number of nitrogens with two attached hydrogens (primary N) is 1. The van der Waals surface area contributed by atoms with E-state index in [-0.39, 0.29) is 32.5 Å². The average molecular weight is 670 g/mol. The Hall–Kier alpha value is -2.61. The van der Waals surface area contributed by atoms with Crippen LogP contribution in [0.5, 0.6) is 11.5 Å². The Morgan fingerprint density at radius 1 is 0.375 bits per heavy atom. The second-order valence-corrected chi connectivity index (χ2v) is 21.1. The van der Waals surface area contributed by atoms with Gasteiger partial charge in [-0.1, -0.05) is 149 Å². The van der Waals surface area contributed by atoms with Crippen molar-refractivity contribution in [3.8, 4) is 11.5 Å². The molecule has 0 saturated heterocycles. The number of hydrogen-bond acceptors (Lipinski definition) is 3. The lowest BCUT2D eigenvalue weighted by Gasteiger charge is -2.30. The minimum atomic E-state index is -1.80. The summed E-state index contributed by atoms with van der Waals surface area (Å²) in [6.07, 6.45) is 0. The van der Waals surface area contributed by atoms with Crippen molar-refractivity contribution in [3.63, 3.8) is 0 Å². The van der Waals surface area contributed by atoms with E-state index in [0.717, 1.165) is 22.6 Å². The first-order valence-corrected chi connectivity index (χ1v) is 18.9. The number of benzene rings is 4. The molecule has 4 aromatic rings. The Morgan fingerprint density at radius 2 is 0.667 bits per heavy atom. The fourth-order valence-corrected chi connectivity index (χ4v) is 7.15. The molecule has 0 amide bonds. The van der Waals surface area contributed by atoms with Crippen LogP contribution in [0, 0.1) is 0 Å². The molecule has 0 unspecified atom stereocenters. The zero-order chi connectivity index (χ0) is 36.6. The van der Waals surface area contributed by atoms with E-state index >= 15 is 0 Å². The number of rotatable bonds is 4. The molecule has 2 N–H and O–H groups in total. The lowest BCUT2D eigenvalue weighted by atomic mass is 9.76. The van der Waals surface area contributed by atoms with Gasteiger partial charge in [0.25, 0.3) is 0 Å². The molecule has 0 aliphatic heterocycles. The fraction of sp³-hybridized carbons (Fsp3) is 0.545. The summed E-state index contributed by atoms with van der Waals surface area (Å²) in [6, 6.07) is 18.5. The molecule has 0 bridgehead atoms. The van der Waals surface area contributed by atoms with Crippen LogP contribution in [0.4, 0.5) is 0 Å². The zero-order valence-corrected chi connectivity index (χ0v) is 34.4. The summed E-state index contributed by atoms with van der Waals surface area (Å²) in [5.74, 6) is 1.59. The molecular weight excluding hydrogens is 605 g/mol. The van der Waals surface area contributed by atoms with Gasteiger partial charge in [0.05, 0.1) is 0 Å². The fourth-order valence-electron chi connectivity index (χ4n) is 6.43. The molecule has 0 aliphatic carbocycles. The maximum Gasteiger partial charge on any atom is 0.378 e. The standard InChI is InChI=1S/C44H64NO2P/c1-39(2,3)29-19-27-21-35(43(13,14)15)37(25-31(27)33(23-29)41(7,8)9)46-48(45)47-38-26-32-28(22-36(38)44(16,17)18)20-30(40(4,5)6)24-34(32)42(10,11)12/h19-26H,45H2,1-18H3. The van der Waals surface area contributed by atoms with Crippen LogP contribution in [0.2, 0.25) is 0 Å². The van der Waals surface area contributed by atoms with Crippen molar-refractivity contribution >= 4 is 30.1 Å². The third kappa shape index (κ3) is 8.22. The van der Waals surface area contributed by atoms with Gasteiger partial charge in [-0.05, 0) is 101 Å². The van der Waals surface area contributed by atoms with Crippen LogP contribution in [-0.4, -0.2) is 0 Å². The van der Waals surface area contributed by atoms with Crippen molar-refractivity contribution in [1.82, 2.24) is 0 Å². The largest absolute Gasteiger partial charge is 0.427 e. The first-order chi connectivity index (χ1) is 21.5. The van der Waals surface area contributed by atoms with E-state index in [1.807, 2.05) is 0 Å². The Kier molecular flexibility index (Phi) is 9.80. The SMILES string of the molecule is CC(C)(C)c1cc(C(C)(C)C)c2cc(OP(N)Oc3cc4c(C(C)(C)C)cc(C(C)(C)C)cc4cc3C(C)(C)C)c(C(C)(C)C)cc2c1. The molecule has 4 rings (SSSR count). The lowest BCUT2D eigenvalue weighted by Crippen LogP contribution is -2.19. The van der Waals surface area contributed by atoms with Crippen molar-refractivity contribution in [2.75, 3.05) is 0 Å². The van der Waals surface area contributed by atoms with Crippen LogP contribution in [0.25, 0.3) is 21.5 Å². The first kappa shape index (κ1) is 38.2. The van der Waals surface area contributed by atoms with Crippen LogP contribution in [0.15, 0.2) is 48.5 Å². The summed E-state index contributed by atoms with van der Waals surface area (Å²) in [6.45, 7) is 40.9. The molecule has 0 heterocycles. The van der Waals surface area contributed by atoms with Gasteiger partial charge in [-0.2, -0.15) is 0 Å². The van der Waals surface area contributed by atoms with Crippen molar-refractivity contribution in [2.45, 2.75) is 157 Å². The van der Waals surface area contributed by atoms with E-state index in [0.29, 0.717) is 0 Å². The second kappa shape index (κ2) is 12.3. The summed E-state index contributed by atoms with van der Waals surface area (Å²) < 4.78 is 13.4. The summed E-state index contributed by atoms with van der Waals surface area (Å²) in [5, 5.41) is 4.88. The van der Waals surface area contributed by atoms with Gasteiger partial charge >= 0.3 is 8.53 Å². The zero-order valence-electron chi connectivity index (χ0n) is 33.5. The molecule has 48 heavy (non-hydrogen) atoms. The quantitative estimate of drug-likeness (QED) is 0.220. The second-order valence-electron chi connectivity index (χ2n) is 20.2. The third-order valence-corrected chi connectivity index (χ3v) is 10.2. The first-order valence-electron chi connectivity index (χ1n) is 17.7. The molecule has 0 atom stereocenters. The van der Waals surface area contributed by atoms with Crippen molar-refractivity contribution < 1.29 is 9.05 Å². The smallest absolute Gasteiger partial charge is 0.378 e. The monoisotopic (exact) mass is 669 g/mol. The highest BCUT2D eigenvalue weighted by molar-refractivity contribution is 7.45. The minimum absolute atomic E-state index is 0.0382. The summed E-state index contributed by atoms with van der Waals surface area (Å²) in [4.78, 5) is 0. The Morgan fingerprint density at radius 3 is 0.917 bits per heavy atom. The predicted octanol–water partition coefficient (Wildman–Crippen LogP) is 13.4. The van der Waals surface area contributed by atoms with Gasteiger partial charge in [-0.25, -0.2) is 5.50 Å². The van der Waals surface area contributed by atoms with Gasteiger partial charge in [0.15, 0.2) is 0 Å². The molecule has 0 aliphatic rings. The van der Waals surface area contributed by atoms with Gasteiger partial charge in [0, 0.05) is 11.1 Å². The predicted molar refractivity (Wildman–Crippen MR) is 212 cm³/mol. The summed E-state index contributed by atoms with van der Waals surface area (Å²) >= 11 is 0. The Bertz CT molecular complexity index is 1690. The van der Waals surface area contributed by atoms with Gasteiger partial charge < -0.3 is 9.05 Å². The lowest BCUT2D eigenvalue weighted by molar-refractivity contribution is 0.462. The van der Waals surface area contributed by atoms with Gasteiger partial charge in [-0.3, -0.25) is 0 Å². The van der Waals surface area contributed by atoms with E-state index in [1.165, 1.54) is 43.8 Å². The molecule has 0 radical (unpaired) electrons. The van der Waals surface area contributed by atoms with Crippen LogP contribution in [0.3, 0.4) is 0 Å². The molecule has 0 spiro atoms. The highest BCUT2D eigenvalue weighted by Gasteiger charge is 2.30. The van der Waals surface area contributed by atoms with Gasteiger partial charge in [0.1, 0.15) is 11.5 Å². The van der Waals surface area contributed by atoms with Crippen LogP contribution >= 0.6 is 8.53 Å². The maximum atomic E-state index is 6.88. The summed E-state index contributed by atoms with van der Waals surface area (Å²) in [5.41, 5.74) is 14.1. The van der Waals surface area contributed by atoms with E-state index in [9.17, 15) is 0 Å². The Balaban J connectivity index is 1.90. The van der Waals surface area contributed by atoms with E-state index < -0.39 is 8.53 Å². The summed E-state index contributed by atoms with van der Waals surface area (Å²) in [7, 11) is -1.80. The van der Waals surface area contributed by atoms with E-state index in [4.69, 9.17) is 14.6 Å².